The second-order valence-corrected chi connectivity index (χ2v) is 5.46. The first-order chi connectivity index (χ1) is 10.4. The van der Waals surface area contributed by atoms with Gasteiger partial charge in [-0.25, -0.2) is 0 Å². The highest BCUT2D eigenvalue weighted by atomic mass is 16.4. The molecule has 1 atom stereocenters. The molecule has 1 aliphatic rings. The zero-order valence-corrected chi connectivity index (χ0v) is 12.0. The Morgan fingerprint density at radius 3 is 2.33 bits per heavy atom. The van der Waals surface area contributed by atoms with Crippen LogP contribution in [0.2, 0.25) is 0 Å². The topological polar surface area (TPSA) is 35.8 Å². The highest BCUT2D eigenvalue weighted by Crippen LogP contribution is 2.30. The quantitative estimate of drug-likeness (QED) is 0.684. The van der Waals surface area contributed by atoms with Gasteiger partial charge in [-0.3, -0.25) is 4.90 Å². The van der Waals surface area contributed by atoms with Crippen LogP contribution >= 0.6 is 0 Å². The second kappa shape index (κ2) is 6.55. The molecule has 108 valence electrons. The number of rotatable bonds is 3. The lowest BCUT2D eigenvalue weighted by molar-refractivity contribution is 0.205. The van der Waals surface area contributed by atoms with E-state index in [0.29, 0.717) is 0 Å². The largest absolute Gasteiger partial charge is 0.411 e. The Morgan fingerprint density at radius 1 is 1.00 bits per heavy atom. The highest BCUT2D eigenvalue weighted by molar-refractivity contribution is 5.90. The van der Waals surface area contributed by atoms with Crippen molar-refractivity contribution in [3.8, 4) is 0 Å². The molecule has 2 aromatic carbocycles. The fourth-order valence-corrected chi connectivity index (χ4v) is 3.07. The van der Waals surface area contributed by atoms with Gasteiger partial charge >= 0.3 is 0 Å². The molecule has 0 bridgehead atoms. The van der Waals surface area contributed by atoms with Crippen LogP contribution in [-0.2, 0) is 6.54 Å². The summed E-state index contributed by atoms with van der Waals surface area (Å²) in [5.74, 6) is 0. The van der Waals surface area contributed by atoms with Crippen LogP contribution in [-0.4, -0.2) is 22.4 Å². The van der Waals surface area contributed by atoms with Crippen molar-refractivity contribution in [3.63, 3.8) is 0 Å². The fraction of sp³-hybridized carbons (Fsp3) is 0.278. The minimum Gasteiger partial charge on any atom is -0.411 e. The van der Waals surface area contributed by atoms with E-state index in [2.05, 4.69) is 46.5 Å². The number of benzene rings is 2. The molecule has 1 saturated heterocycles. The van der Waals surface area contributed by atoms with Gasteiger partial charge in [-0.2, -0.15) is 0 Å². The summed E-state index contributed by atoms with van der Waals surface area (Å²) in [6.07, 6.45) is 1.90. The van der Waals surface area contributed by atoms with Gasteiger partial charge in [0.15, 0.2) is 0 Å². The molecule has 1 fully saturated rings. The van der Waals surface area contributed by atoms with Crippen LogP contribution in [0.4, 0.5) is 0 Å². The maximum absolute atomic E-state index is 9.37. The van der Waals surface area contributed by atoms with Gasteiger partial charge in [0.1, 0.15) is 0 Å². The number of hydrogen-bond donors (Lipinski definition) is 1. The SMILES string of the molecule is O/N=C1\CCCN(Cc2ccccc2)C1c1ccccc1. The number of likely N-dealkylation sites (tertiary alicyclic amines) is 1. The Morgan fingerprint density at radius 2 is 1.67 bits per heavy atom. The summed E-state index contributed by atoms with van der Waals surface area (Å²) >= 11 is 0. The van der Waals surface area contributed by atoms with E-state index in [-0.39, 0.29) is 6.04 Å². The van der Waals surface area contributed by atoms with Crippen LogP contribution in [0.1, 0.15) is 30.0 Å². The number of piperidine rings is 1. The summed E-state index contributed by atoms with van der Waals surface area (Å²) in [6, 6.07) is 20.9. The lowest BCUT2D eigenvalue weighted by Crippen LogP contribution is -2.38. The molecule has 21 heavy (non-hydrogen) atoms. The van der Waals surface area contributed by atoms with Gasteiger partial charge in [0.25, 0.3) is 0 Å². The van der Waals surface area contributed by atoms with Crippen LogP contribution in [0.5, 0.6) is 0 Å². The first-order valence-electron chi connectivity index (χ1n) is 7.42. The van der Waals surface area contributed by atoms with Crippen LogP contribution < -0.4 is 0 Å². The van der Waals surface area contributed by atoms with Gasteiger partial charge in [0.05, 0.1) is 11.8 Å². The molecular weight excluding hydrogens is 260 g/mol. The van der Waals surface area contributed by atoms with Crippen molar-refractivity contribution >= 4 is 5.71 Å². The summed E-state index contributed by atoms with van der Waals surface area (Å²) < 4.78 is 0. The predicted molar refractivity (Wildman–Crippen MR) is 84.5 cm³/mol. The monoisotopic (exact) mass is 280 g/mol. The average molecular weight is 280 g/mol. The van der Waals surface area contributed by atoms with E-state index in [1.807, 2.05) is 24.3 Å². The zero-order chi connectivity index (χ0) is 14.5. The van der Waals surface area contributed by atoms with Crippen LogP contribution in [0.15, 0.2) is 65.8 Å². The minimum absolute atomic E-state index is 0.0742. The smallest absolute Gasteiger partial charge is 0.0787 e. The van der Waals surface area contributed by atoms with E-state index in [9.17, 15) is 5.21 Å². The summed E-state index contributed by atoms with van der Waals surface area (Å²) in [6.45, 7) is 1.90. The lowest BCUT2D eigenvalue weighted by atomic mass is 9.92. The first kappa shape index (κ1) is 13.8. The van der Waals surface area contributed by atoms with Crippen molar-refractivity contribution in [1.29, 1.82) is 0 Å². The molecule has 3 nitrogen and oxygen atoms in total. The van der Waals surface area contributed by atoms with Crippen LogP contribution in [0, 0.1) is 0 Å². The van der Waals surface area contributed by atoms with Crippen LogP contribution in [0.3, 0.4) is 0 Å². The van der Waals surface area contributed by atoms with E-state index in [1.165, 1.54) is 11.1 Å². The van der Waals surface area contributed by atoms with Gasteiger partial charge in [-0.05, 0) is 30.5 Å². The maximum atomic E-state index is 9.37. The first-order valence-corrected chi connectivity index (χ1v) is 7.42. The molecular formula is C18H20N2O. The van der Waals surface area contributed by atoms with Gasteiger partial charge in [0, 0.05) is 6.54 Å². The Hall–Kier alpha value is -2.13. The zero-order valence-electron chi connectivity index (χ0n) is 12.0. The molecule has 0 spiro atoms. The van der Waals surface area contributed by atoms with E-state index in [0.717, 1.165) is 31.6 Å². The van der Waals surface area contributed by atoms with E-state index >= 15 is 0 Å². The standard InChI is InChI=1S/C18H20N2O/c21-19-17-12-7-13-20(14-15-8-3-1-4-9-15)18(17)16-10-5-2-6-11-16/h1-6,8-11,18,21H,7,12-14H2/b19-17+. The summed E-state index contributed by atoms with van der Waals surface area (Å²) in [7, 11) is 0. The maximum Gasteiger partial charge on any atom is 0.0787 e. The highest BCUT2D eigenvalue weighted by Gasteiger charge is 2.29. The molecule has 1 aliphatic heterocycles. The third kappa shape index (κ3) is 3.14. The lowest BCUT2D eigenvalue weighted by Gasteiger charge is -2.36. The molecule has 0 radical (unpaired) electrons. The van der Waals surface area contributed by atoms with Gasteiger partial charge in [-0.15, -0.1) is 0 Å². The number of hydrogen-bond acceptors (Lipinski definition) is 3. The Labute approximate surface area is 125 Å². The third-order valence-electron chi connectivity index (χ3n) is 4.03. The van der Waals surface area contributed by atoms with Crippen LogP contribution in [0.25, 0.3) is 0 Å². The molecule has 1 unspecified atom stereocenters. The molecule has 3 rings (SSSR count). The Kier molecular flexibility index (Phi) is 4.31. The molecule has 0 aliphatic carbocycles. The Bertz CT molecular complexity index is 595. The fourth-order valence-electron chi connectivity index (χ4n) is 3.07. The van der Waals surface area contributed by atoms with Gasteiger partial charge in [-0.1, -0.05) is 65.8 Å². The summed E-state index contributed by atoms with van der Waals surface area (Å²) in [5, 5.41) is 12.9. The molecule has 3 heteroatoms. The molecule has 2 aromatic rings. The van der Waals surface area contributed by atoms with Crippen molar-refractivity contribution in [2.45, 2.75) is 25.4 Å². The average Bonchev–Trinajstić information content (AvgIpc) is 2.56. The van der Waals surface area contributed by atoms with Crippen molar-refractivity contribution in [1.82, 2.24) is 4.90 Å². The predicted octanol–water partition coefficient (Wildman–Crippen LogP) is 3.85. The minimum atomic E-state index is 0.0742. The van der Waals surface area contributed by atoms with Gasteiger partial charge < -0.3 is 5.21 Å². The number of oxime groups is 1. The van der Waals surface area contributed by atoms with E-state index in [1.54, 1.807) is 0 Å². The molecule has 0 aromatic heterocycles. The second-order valence-electron chi connectivity index (χ2n) is 5.46. The van der Waals surface area contributed by atoms with Crippen molar-refractivity contribution in [2.24, 2.45) is 5.16 Å². The van der Waals surface area contributed by atoms with E-state index in [4.69, 9.17) is 0 Å². The van der Waals surface area contributed by atoms with Crippen molar-refractivity contribution in [3.05, 3.63) is 71.8 Å². The van der Waals surface area contributed by atoms with Crippen molar-refractivity contribution < 1.29 is 5.21 Å². The summed E-state index contributed by atoms with van der Waals surface area (Å²) in [4.78, 5) is 2.39. The molecule has 1 heterocycles. The molecule has 0 saturated carbocycles. The molecule has 0 amide bonds. The normalized spacial score (nSPS) is 21.5. The van der Waals surface area contributed by atoms with E-state index < -0.39 is 0 Å². The summed E-state index contributed by atoms with van der Waals surface area (Å²) in [5.41, 5.74) is 3.35. The number of nitrogens with zero attached hydrogens (tertiary/aromatic N) is 2. The third-order valence-corrected chi connectivity index (χ3v) is 4.03. The molecule has 1 N–H and O–H groups in total. The van der Waals surface area contributed by atoms with Gasteiger partial charge in [0.2, 0.25) is 0 Å². The Balaban J connectivity index is 1.89. The van der Waals surface area contributed by atoms with Crippen molar-refractivity contribution in [2.75, 3.05) is 6.54 Å².